The molecule has 0 aliphatic rings. The minimum atomic E-state index is 0.604. The number of aromatic nitrogens is 5. The van der Waals surface area contributed by atoms with E-state index in [0.29, 0.717) is 11.6 Å². The highest BCUT2D eigenvalue weighted by Gasteiger charge is 2.14. The van der Waals surface area contributed by atoms with Crippen molar-refractivity contribution in [2.24, 2.45) is 0 Å². The molecule has 4 aromatic rings. The molecule has 0 saturated heterocycles. The van der Waals surface area contributed by atoms with Gasteiger partial charge >= 0.3 is 0 Å². The summed E-state index contributed by atoms with van der Waals surface area (Å²) in [4.78, 5) is 4.80. The number of hydrogen-bond acceptors (Lipinski definition) is 6. The average molecular weight is 295 g/mol. The molecule has 0 unspecified atom stereocenters. The normalized spacial score (nSPS) is 11.6. The van der Waals surface area contributed by atoms with Crippen LogP contribution in [0, 0.1) is 0 Å². The Hall–Kier alpha value is -2.80. The molecule has 0 N–H and O–H groups in total. The number of hydrogen-bond donors (Lipinski definition) is 0. The Morgan fingerprint density at radius 2 is 2.14 bits per heavy atom. The summed E-state index contributed by atoms with van der Waals surface area (Å²) in [6, 6.07) is 7.53. The lowest BCUT2D eigenvalue weighted by atomic mass is 10.3. The van der Waals surface area contributed by atoms with Gasteiger partial charge in [-0.05, 0) is 29.8 Å². The number of fused-ring (bicyclic) bond motifs is 1. The lowest BCUT2D eigenvalue weighted by Crippen LogP contribution is -1.89. The average Bonchev–Trinajstić information content (AvgIpc) is 3.22. The molecule has 0 atom stereocenters. The molecule has 0 saturated carbocycles. The SMILES string of the molecule is C(=C\c1nn2c(-c3ccco3)nnc2s1)/c1cccnc1. The van der Waals surface area contributed by atoms with Crippen LogP contribution in [0.4, 0.5) is 0 Å². The third kappa shape index (κ3) is 2.23. The molecule has 4 rings (SSSR count). The fraction of sp³-hybridized carbons (Fsp3) is 0. The summed E-state index contributed by atoms with van der Waals surface area (Å²) >= 11 is 1.46. The second-order valence-corrected chi connectivity index (χ2v) is 5.24. The van der Waals surface area contributed by atoms with Crippen LogP contribution in [-0.2, 0) is 0 Å². The monoisotopic (exact) mass is 295 g/mol. The molecular weight excluding hydrogens is 286 g/mol. The van der Waals surface area contributed by atoms with E-state index in [9.17, 15) is 0 Å². The van der Waals surface area contributed by atoms with Gasteiger partial charge in [0.15, 0.2) is 5.76 Å². The molecule has 0 spiro atoms. The molecule has 0 amide bonds. The zero-order valence-corrected chi connectivity index (χ0v) is 11.6. The van der Waals surface area contributed by atoms with Gasteiger partial charge in [-0.2, -0.15) is 9.61 Å². The molecule has 21 heavy (non-hydrogen) atoms. The molecule has 0 aliphatic heterocycles. The Bertz CT molecular complexity index is 892. The van der Waals surface area contributed by atoms with Crippen LogP contribution in [0.1, 0.15) is 10.6 Å². The van der Waals surface area contributed by atoms with E-state index < -0.39 is 0 Å². The first-order chi connectivity index (χ1) is 10.4. The van der Waals surface area contributed by atoms with Crippen LogP contribution in [0.5, 0.6) is 0 Å². The summed E-state index contributed by atoms with van der Waals surface area (Å²) in [5.41, 5.74) is 1.02. The van der Waals surface area contributed by atoms with Crippen LogP contribution in [0.15, 0.2) is 47.3 Å². The van der Waals surface area contributed by atoms with E-state index in [2.05, 4.69) is 20.3 Å². The quantitative estimate of drug-likeness (QED) is 0.581. The molecule has 0 aliphatic carbocycles. The predicted octanol–water partition coefficient (Wildman–Crippen LogP) is 3.01. The third-order valence-electron chi connectivity index (χ3n) is 2.85. The molecule has 6 nitrogen and oxygen atoms in total. The van der Waals surface area contributed by atoms with Crippen molar-refractivity contribution >= 4 is 28.4 Å². The molecule has 0 fully saturated rings. The van der Waals surface area contributed by atoms with E-state index in [0.717, 1.165) is 15.5 Å². The molecule has 0 aromatic carbocycles. The Balaban J connectivity index is 1.70. The maximum atomic E-state index is 5.34. The van der Waals surface area contributed by atoms with E-state index in [1.54, 1.807) is 23.2 Å². The lowest BCUT2D eigenvalue weighted by molar-refractivity contribution is 0.575. The van der Waals surface area contributed by atoms with Gasteiger partial charge in [0.1, 0.15) is 5.01 Å². The minimum absolute atomic E-state index is 0.604. The Labute approximate surface area is 123 Å². The fourth-order valence-electron chi connectivity index (χ4n) is 1.90. The molecule has 7 heteroatoms. The van der Waals surface area contributed by atoms with Crippen LogP contribution in [0.2, 0.25) is 0 Å². The molecule has 0 radical (unpaired) electrons. The van der Waals surface area contributed by atoms with Crippen LogP contribution in [0.25, 0.3) is 28.7 Å². The number of nitrogens with zero attached hydrogens (tertiary/aromatic N) is 5. The highest BCUT2D eigenvalue weighted by molar-refractivity contribution is 7.17. The van der Waals surface area contributed by atoms with Crippen molar-refractivity contribution in [1.82, 2.24) is 24.8 Å². The Morgan fingerprint density at radius 1 is 1.14 bits per heavy atom. The highest BCUT2D eigenvalue weighted by Crippen LogP contribution is 2.22. The van der Waals surface area contributed by atoms with Crippen molar-refractivity contribution in [2.45, 2.75) is 0 Å². The molecule has 4 aromatic heterocycles. The maximum Gasteiger partial charge on any atom is 0.235 e. The standard InChI is InChI=1S/C14H9N5OS/c1-3-10(9-15-7-1)5-6-12-18-19-13(11-4-2-8-20-11)16-17-14(19)21-12/h1-9H/b6-5+. The summed E-state index contributed by atoms with van der Waals surface area (Å²) in [6.07, 6.45) is 9.04. The summed E-state index contributed by atoms with van der Waals surface area (Å²) in [6.45, 7) is 0. The Kier molecular flexibility index (Phi) is 2.82. The van der Waals surface area contributed by atoms with E-state index in [4.69, 9.17) is 4.42 Å². The zero-order valence-electron chi connectivity index (χ0n) is 10.7. The van der Waals surface area contributed by atoms with Gasteiger partial charge in [0.25, 0.3) is 0 Å². The third-order valence-corrected chi connectivity index (χ3v) is 3.71. The van der Waals surface area contributed by atoms with Crippen LogP contribution in [-0.4, -0.2) is 24.8 Å². The summed E-state index contributed by atoms with van der Waals surface area (Å²) < 4.78 is 7.03. The summed E-state index contributed by atoms with van der Waals surface area (Å²) in [5, 5.41) is 13.5. The molecule has 4 heterocycles. The van der Waals surface area contributed by atoms with Crippen molar-refractivity contribution < 1.29 is 4.42 Å². The van der Waals surface area contributed by atoms with Gasteiger partial charge < -0.3 is 4.42 Å². The van der Waals surface area contributed by atoms with E-state index in [1.165, 1.54) is 11.3 Å². The second-order valence-electron chi connectivity index (χ2n) is 4.26. The van der Waals surface area contributed by atoms with Gasteiger partial charge in [0.05, 0.1) is 6.26 Å². The molecular formula is C14H9N5OS. The molecule has 102 valence electrons. The van der Waals surface area contributed by atoms with Crippen LogP contribution in [0.3, 0.4) is 0 Å². The van der Waals surface area contributed by atoms with E-state index in [1.807, 2.05) is 36.4 Å². The lowest BCUT2D eigenvalue weighted by Gasteiger charge is -1.90. The first-order valence-corrected chi connectivity index (χ1v) is 7.06. The van der Waals surface area contributed by atoms with Gasteiger partial charge in [-0.1, -0.05) is 23.5 Å². The predicted molar refractivity (Wildman–Crippen MR) is 79.5 cm³/mol. The highest BCUT2D eigenvalue weighted by atomic mass is 32.1. The van der Waals surface area contributed by atoms with Crippen molar-refractivity contribution in [2.75, 3.05) is 0 Å². The second kappa shape index (κ2) is 4.95. The van der Waals surface area contributed by atoms with Crippen molar-refractivity contribution in [3.05, 3.63) is 53.5 Å². The Morgan fingerprint density at radius 3 is 2.95 bits per heavy atom. The first kappa shape index (κ1) is 12.0. The zero-order chi connectivity index (χ0) is 14.1. The molecule has 0 bridgehead atoms. The van der Waals surface area contributed by atoms with E-state index >= 15 is 0 Å². The van der Waals surface area contributed by atoms with Gasteiger partial charge in [-0.3, -0.25) is 4.98 Å². The van der Waals surface area contributed by atoms with Gasteiger partial charge in [-0.25, -0.2) is 0 Å². The number of furan rings is 1. The van der Waals surface area contributed by atoms with Gasteiger partial charge in [0, 0.05) is 12.4 Å². The minimum Gasteiger partial charge on any atom is -0.461 e. The van der Waals surface area contributed by atoms with Crippen LogP contribution < -0.4 is 0 Å². The van der Waals surface area contributed by atoms with Crippen molar-refractivity contribution in [3.8, 4) is 11.6 Å². The largest absolute Gasteiger partial charge is 0.461 e. The van der Waals surface area contributed by atoms with Crippen molar-refractivity contribution in [3.63, 3.8) is 0 Å². The van der Waals surface area contributed by atoms with Crippen LogP contribution >= 0.6 is 11.3 Å². The van der Waals surface area contributed by atoms with Gasteiger partial charge in [-0.15, -0.1) is 10.2 Å². The smallest absolute Gasteiger partial charge is 0.235 e. The first-order valence-electron chi connectivity index (χ1n) is 6.24. The van der Waals surface area contributed by atoms with E-state index in [-0.39, 0.29) is 0 Å². The number of rotatable bonds is 3. The maximum absolute atomic E-state index is 5.34. The number of pyridine rings is 1. The topological polar surface area (TPSA) is 69.1 Å². The van der Waals surface area contributed by atoms with Gasteiger partial charge in [0.2, 0.25) is 10.8 Å². The fourth-order valence-corrected chi connectivity index (χ4v) is 2.64. The summed E-state index contributed by atoms with van der Waals surface area (Å²) in [5.74, 6) is 1.25. The summed E-state index contributed by atoms with van der Waals surface area (Å²) in [7, 11) is 0. The van der Waals surface area contributed by atoms with Crippen molar-refractivity contribution in [1.29, 1.82) is 0 Å².